The second-order valence-electron chi connectivity index (χ2n) is 7.03. The minimum atomic E-state index is -0.801. The van der Waals surface area contributed by atoms with Crippen LogP contribution in [0.1, 0.15) is 28.4 Å². The minimum absolute atomic E-state index is 0.227. The highest BCUT2D eigenvalue weighted by Crippen LogP contribution is 2.33. The van der Waals surface area contributed by atoms with Crippen molar-refractivity contribution in [2.24, 2.45) is 0 Å². The molecule has 3 aromatic rings. The number of fused-ring (bicyclic) bond motifs is 1. The summed E-state index contributed by atoms with van der Waals surface area (Å²) in [6.45, 7) is 3.25. The Morgan fingerprint density at radius 1 is 1.25 bits per heavy atom. The fourth-order valence-corrected chi connectivity index (χ4v) is 3.68. The lowest BCUT2D eigenvalue weighted by atomic mass is 10.2. The quantitative estimate of drug-likeness (QED) is 0.696. The molecule has 3 aromatic heterocycles. The highest BCUT2D eigenvalue weighted by molar-refractivity contribution is 6.07. The van der Waals surface area contributed by atoms with Crippen molar-refractivity contribution in [3.05, 3.63) is 53.8 Å². The first kappa shape index (κ1) is 16.9. The van der Waals surface area contributed by atoms with Gasteiger partial charge in [0.1, 0.15) is 17.7 Å². The standard InChI is InChI=1S/C20H18FN5O2/c1-12-15(4-5-17(23-12)25-8-6-13(21)10-25)19-24-16-11-26(20(27)18(16)28-19)14-3-2-7-22-9-14/h2-5,7,9,13H,6,8,10-11H2,1H3. The van der Waals surface area contributed by atoms with Crippen LogP contribution in [0.5, 0.6) is 0 Å². The predicted molar refractivity (Wildman–Crippen MR) is 101 cm³/mol. The molecule has 28 heavy (non-hydrogen) atoms. The summed E-state index contributed by atoms with van der Waals surface area (Å²) >= 11 is 0. The number of aryl methyl sites for hydroxylation is 1. The molecule has 0 bridgehead atoms. The maximum absolute atomic E-state index is 13.5. The first-order valence-electron chi connectivity index (χ1n) is 9.19. The third-order valence-electron chi connectivity index (χ3n) is 5.16. The highest BCUT2D eigenvalue weighted by Gasteiger charge is 2.35. The normalized spacial score (nSPS) is 18.8. The third kappa shape index (κ3) is 2.72. The van der Waals surface area contributed by atoms with Crippen LogP contribution in [0.3, 0.4) is 0 Å². The van der Waals surface area contributed by atoms with E-state index in [0.29, 0.717) is 43.3 Å². The lowest BCUT2D eigenvalue weighted by molar-refractivity contribution is 0.0972. The van der Waals surface area contributed by atoms with Crippen molar-refractivity contribution in [1.82, 2.24) is 15.0 Å². The van der Waals surface area contributed by atoms with Crippen LogP contribution in [0.2, 0.25) is 0 Å². The molecule has 8 heteroatoms. The van der Waals surface area contributed by atoms with E-state index in [1.165, 1.54) is 0 Å². The molecule has 1 saturated heterocycles. The number of halogens is 1. The topological polar surface area (TPSA) is 75.4 Å². The molecular weight excluding hydrogens is 361 g/mol. The number of pyridine rings is 2. The van der Waals surface area contributed by atoms with E-state index in [0.717, 1.165) is 17.1 Å². The van der Waals surface area contributed by atoms with Gasteiger partial charge in [-0.15, -0.1) is 0 Å². The third-order valence-corrected chi connectivity index (χ3v) is 5.16. The summed E-state index contributed by atoms with van der Waals surface area (Å²) < 4.78 is 19.3. The summed E-state index contributed by atoms with van der Waals surface area (Å²) in [5.74, 6) is 1.15. The molecule has 142 valence electrons. The van der Waals surface area contributed by atoms with Gasteiger partial charge in [-0.2, -0.15) is 0 Å². The Labute approximate surface area is 160 Å². The summed E-state index contributed by atoms with van der Waals surface area (Å²) in [4.78, 5) is 29.4. The molecule has 1 atom stereocenters. The minimum Gasteiger partial charge on any atom is -0.430 e. The van der Waals surface area contributed by atoms with E-state index in [4.69, 9.17) is 4.42 Å². The van der Waals surface area contributed by atoms with E-state index >= 15 is 0 Å². The van der Waals surface area contributed by atoms with Crippen LogP contribution in [0.15, 0.2) is 41.1 Å². The largest absolute Gasteiger partial charge is 0.430 e. The van der Waals surface area contributed by atoms with E-state index in [1.807, 2.05) is 30.0 Å². The number of hydrogen-bond donors (Lipinski definition) is 0. The number of alkyl halides is 1. The molecule has 0 aromatic carbocycles. The highest BCUT2D eigenvalue weighted by atomic mass is 19.1. The molecule has 0 aliphatic carbocycles. The number of oxazole rings is 1. The Balaban J connectivity index is 1.41. The SMILES string of the molecule is Cc1nc(N2CCC(F)C2)ccc1-c1nc2c(o1)C(=O)N(c1cccnc1)C2. The van der Waals surface area contributed by atoms with E-state index in [2.05, 4.69) is 15.0 Å². The lowest BCUT2D eigenvalue weighted by Gasteiger charge is -2.17. The van der Waals surface area contributed by atoms with Gasteiger partial charge in [0.25, 0.3) is 5.91 Å². The van der Waals surface area contributed by atoms with Crippen LogP contribution < -0.4 is 9.80 Å². The Kier molecular flexibility index (Phi) is 3.85. The van der Waals surface area contributed by atoms with Crippen molar-refractivity contribution in [2.45, 2.75) is 26.1 Å². The molecule has 0 saturated carbocycles. The number of amides is 1. The molecule has 0 N–H and O–H groups in total. The molecule has 1 fully saturated rings. The number of carbonyl (C=O) groups is 1. The second-order valence-corrected chi connectivity index (χ2v) is 7.03. The van der Waals surface area contributed by atoms with Crippen molar-refractivity contribution in [3.8, 4) is 11.5 Å². The Morgan fingerprint density at radius 3 is 2.82 bits per heavy atom. The zero-order valence-electron chi connectivity index (χ0n) is 15.3. The fraction of sp³-hybridized carbons (Fsp3) is 0.300. The molecule has 7 nitrogen and oxygen atoms in total. The van der Waals surface area contributed by atoms with Gasteiger partial charge in [-0.25, -0.2) is 14.4 Å². The van der Waals surface area contributed by atoms with Gasteiger partial charge in [-0.1, -0.05) is 0 Å². The zero-order valence-corrected chi connectivity index (χ0v) is 15.3. The average Bonchev–Trinajstić information content (AvgIpc) is 3.39. The molecule has 1 unspecified atom stereocenters. The van der Waals surface area contributed by atoms with Crippen molar-refractivity contribution in [2.75, 3.05) is 22.9 Å². The van der Waals surface area contributed by atoms with Crippen molar-refractivity contribution in [1.29, 1.82) is 0 Å². The predicted octanol–water partition coefficient (Wildman–Crippen LogP) is 3.15. The van der Waals surface area contributed by atoms with E-state index in [9.17, 15) is 9.18 Å². The molecule has 0 radical (unpaired) electrons. The van der Waals surface area contributed by atoms with Gasteiger partial charge in [0.15, 0.2) is 0 Å². The lowest BCUT2D eigenvalue weighted by Crippen LogP contribution is -2.23. The van der Waals surface area contributed by atoms with E-state index in [-0.39, 0.29) is 11.7 Å². The number of hydrogen-bond acceptors (Lipinski definition) is 6. The molecule has 1 amide bonds. The average molecular weight is 379 g/mol. The fourth-order valence-electron chi connectivity index (χ4n) is 3.68. The van der Waals surface area contributed by atoms with Crippen molar-refractivity contribution < 1.29 is 13.6 Å². The number of rotatable bonds is 3. The Hall–Kier alpha value is -3.29. The zero-order chi connectivity index (χ0) is 19.3. The van der Waals surface area contributed by atoms with Crippen LogP contribution in [0, 0.1) is 6.92 Å². The van der Waals surface area contributed by atoms with Crippen LogP contribution >= 0.6 is 0 Å². The number of aromatic nitrogens is 3. The molecular formula is C20H18FN5O2. The van der Waals surface area contributed by atoms with Crippen LogP contribution in [-0.2, 0) is 6.54 Å². The van der Waals surface area contributed by atoms with E-state index < -0.39 is 6.17 Å². The van der Waals surface area contributed by atoms with Crippen LogP contribution in [0.4, 0.5) is 15.9 Å². The first-order valence-corrected chi connectivity index (χ1v) is 9.19. The number of nitrogens with zero attached hydrogens (tertiary/aromatic N) is 5. The maximum Gasteiger partial charge on any atom is 0.296 e. The summed E-state index contributed by atoms with van der Waals surface area (Å²) in [6, 6.07) is 7.32. The Bertz CT molecular complexity index is 1050. The summed E-state index contributed by atoms with van der Waals surface area (Å²) in [5, 5.41) is 0. The van der Waals surface area contributed by atoms with Gasteiger partial charge >= 0.3 is 0 Å². The summed E-state index contributed by atoms with van der Waals surface area (Å²) in [6.07, 6.45) is 3.03. The molecule has 5 rings (SSSR count). The van der Waals surface area contributed by atoms with E-state index in [1.54, 1.807) is 23.4 Å². The summed E-state index contributed by atoms with van der Waals surface area (Å²) in [5.41, 5.74) is 2.78. The van der Waals surface area contributed by atoms with Crippen molar-refractivity contribution in [3.63, 3.8) is 0 Å². The molecule has 5 heterocycles. The molecule has 2 aliphatic rings. The summed E-state index contributed by atoms with van der Waals surface area (Å²) in [7, 11) is 0. The molecule has 2 aliphatic heterocycles. The van der Waals surface area contributed by atoms with Crippen LogP contribution in [0.25, 0.3) is 11.5 Å². The van der Waals surface area contributed by atoms with Gasteiger partial charge in [0.2, 0.25) is 11.7 Å². The van der Waals surface area contributed by atoms with Gasteiger partial charge in [0.05, 0.1) is 36.2 Å². The van der Waals surface area contributed by atoms with Crippen LogP contribution in [-0.4, -0.2) is 40.1 Å². The monoisotopic (exact) mass is 379 g/mol. The number of anilines is 2. The van der Waals surface area contributed by atoms with Crippen molar-refractivity contribution >= 4 is 17.4 Å². The molecule has 0 spiro atoms. The second kappa shape index (κ2) is 6.40. The number of carbonyl (C=O) groups excluding carboxylic acids is 1. The van der Waals surface area contributed by atoms with Gasteiger partial charge in [-0.3, -0.25) is 14.7 Å². The maximum atomic E-state index is 13.5. The van der Waals surface area contributed by atoms with Gasteiger partial charge < -0.3 is 9.32 Å². The smallest absolute Gasteiger partial charge is 0.296 e. The van der Waals surface area contributed by atoms with Gasteiger partial charge in [0, 0.05) is 12.7 Å². The first-order chi connectivity index (χ1) is 13.6. The van der Waals surface area contributed by atoms with Gasteiger partial charge in [-0.05, 0) is 37.6 Å². The Morgan fingerprint density at radius 2 is 2.14 bits per heavy atom.